The molecule has 1 aromatic heterocycles. The number of guanidine groups is 1. The van der Waals surface area contributed by atoms with Gasteiger partial charge in [0.25, 0.3) is 0 Å². The van der Waals surface area contributed by atoms with Gasteiger partial charge in [0.05, 0.1) is 5.01 Å². The van der Waals surface area contributed by atoms with E-state index >= 15 is 0 Å². The Bertz CT molecular complexity index is 458. The Kier molecular flexibility index (Phi) is 6.83. The van der Waals surface area contributed by atoms with Crippen molar-refractivity contribution in [3.8, 4) is 0 Å². The molecule has 2 atom stereocenters. The predicted octanol–water partition coefficient (Wildman–Crippen LogP) is 2.70. The number of aliphatic imine (C=N–C) groups is 1. The number of thiazole rings is 1. The molecule has 6 heteroatoms. The van der Waals surface area contributed by atoms with Crippen molar-refractivity contribution in [2.45, 2.75) is 50.3 Å². The Balaban J connectivity index is 1.70. The highest BCUT2D eigenvalue weighted by Gasteiger charge is 2.24. The summed E-state index contributed by atoms with van der Waals surface area (Å²) in [5.41, 5.74) is 0. The summed E-state index contributed by atoms with van der Waals surface area (Å²) in [6.07, 6.45) is 10.0. The molecule has 21 heavy (non-hydrogen) atoms. The highest BCUT2D eigenvalue weighted by molar-refractivity contribution is 7.99. The third-order valence-corrected chi connectivity index (χ3v) is 6.16. The summed E-state index contributed by atoms with van der Waals surface area (Å²) in [7, 11) is 1.84. The van der Waals surface area contributed by atoms with Crippen LogP contribution >= 0.6 is 23.1 Å². The molecule has 1 heterocycles. The van der Waals surface area contributed by atoms with Gasteiger partial charge in [0.15, 0.2) is 5.96 Å². The highest BCUT2D eigenvalue weighted by atomic mass is 32.2. The fraction of sp³-hybridized carbons (Fsp3) is 0.733. The van der Waals surface area contributed by atoms with Gasteiger partial charge < -0.3 is 10.6 Å². The van der Waals surface area contributed by atoms with E-state index in [1.54, 1.807) is 0 Å². The summed E-state index contributed by atoms with van der Waals surface area (Å²) in [6, 6.07) is 0.570. The predicted molar refractivity (Wildman–Crippen MR) is 94.6 cm³/mol. The highest BCUT2D eigenvalue weighted by Crippen LogP contribution is 2.27. The molecule has 0 saturated heterocycles. The zero-order valence-corrected chi connectivity index (χ0v) is 14.8. The zero-order chi connectivity index (χ0) is 15.1. The van der Waals surface area contributed by atoms with E-state index in [2.05, 4.69) is 33.8 Å². The van der Waals surface area contributed by atoms with Crippen molar-refractivity contribution < 1.29 is 0 Å². The smallest absolute Gasteiger partial charge is 0.191 e. The minimum absolute atomic E-state index is 0.570. The third-order valence-electron chi connectivity index (χ3n) is 3.86. The third kappa shape index (κ3) is 5.18. The molecule has 1 aliphatic rings. The molecule has 0 amide bonds. The Morgan fingerprint density at radius 1 is 1.52 bits per heavy atom. The van der Waals surface area contributed by atoms with Crippen LogP contribution in [0.1, 0.15) is 36.1 Å². The van der Waals surface area contributed by atoms with E-state index in [1.165, 1.54) is 29.1 Å². The lowest BCUT2D eigenvalue weighted by molar-refractivity contribution is 0.614. The largest absolute Gasteiger partial charge is 0.356 e. The van der Waals surface area contributed by atoms with Gasteiger partial charge in [-0.15, -0.1) is 11.3 Å². The van der Waals surface area contributed by atoms with Gasteiger partial charge in [-0.25, -0.2) is 4.98 Å². The van der Waals surface area contributed by atoms with Gasteiger partial charge in [0.1, 0.15) is 0 Å². The molecule has 2 N–H and O–H groups in total. The molecular formula is C15H26N4S2. The molecule has 1 saturated carbocycles. The van der Waals surface area contributed by atoms with Crippen molar-refractivity contribution in [1.29, 1.82) is 0 Å². The molecule has 2 rings (SSSR count). The summed E-state index contributed by atoms with van der Waals surface area (Å²) in [5.74, 6) is 0.925. The number of thioether (sulfide) groups is 1. The quantitative estimate of drug-likeness (QED) is 0.623. The Morgan fingerprint density at radius 3 is 3.00 bits per heavy atom. The minimum Gasteiger partial charge on any atom is -0.356 e. The van der Waals surface area contributed by atoms with Gasteiger partial charge in [-0.1, -0.05) is 6.92 Å². The van der Waals surface area contributed by atoms with E-state index in [1.807, 2.05) is 36.3 Å². The molecule has 1 fully saturated rings. The van der Waals surface area contributed by atoms with E-state index < -0.39 is 0 Å². The molecular weight excluding hydrogens is 300 g/mol. The van der Waals surface area contributed by atoms with E-state index in [0.29, 0.717) is 6.04 Å². The number of rotatable bonds is 6. The molecule has 0 bridgehead atoms. The van der Waals surface area contributed by atoms with Crippen LogP contribution in [0.15, 0.2) is 11.2 Å². The van der Waals surface area contributed by atoms with Crippen LogP contribution in [-0.4, -0.2) is 42.1 Å². The average Bonchev–Trinajstić information content (AvgIpc) is 3.15. The van der Waals surface area contributed by atoms with Crippen molar-refractivity contribution in [2.75, 3.05) is 19.8 Å². The maximum Gasteiger partial charge on any atom is 0.191 e. The van der Waals surface area contributed by atoms with Gasteiger partial charge in [-0.05, 0) is 31.9 Å². The molecule has 0 aromatic carbocycles. The second-order valence-electron chi connectivity index (χ2n) is 5.33. The summed E-state index contributed by atoms with van der Waals surface area (Å²) in [4.78, 5) is 10.1. The Morgan fingerprint density at radius 2 is 2.38 bits per heavy atom. The number of nitrogens with zero attached hydrogens (tertiary/aromatic N) is 2. The van der Waals surface area contributed by atoms with Crippen molar-refractivity contribution in [1.82, 2.24) is 15.6 Å². The van der Waals surface area contributed by atoms with Crippen molar-refractivity contribution in [2.24, 2.45) is 4.99 Å². The van der Waals surface area contributed by atoms with Crippen molar-refractivity contribution >= 4 is 29.1 Å². The Labute approximate surface area is 136 Å². The van der Waals surface area contributed by atoms with E-state index in [4.69, 9.17) is 0 Å². The first-order valence-corrected chi connectivity index (χ1v) is 9.79. The molecule has 0 radical (unpaired) electrons. The van der Waals surface area contributed by atoms with Crippen LogP contribution in [0.5, 0.6) is 0 Å². The van der Waals surface area contributed by atoms with Gasteiger partial charge in [0, 0.05) is 42.4 Å². The van der Waals surface area contributed by atoms with Gasteiger partial charge in [0.2, 0.25) is 0 Å². The second-order valence-corrected chi connectivity index (χ2v) is 7.67. The number of hydrogen-bond donors (Lipinski definition) is 2. The maximum atomic E-state index is 4.45. The Hall–Kier alpha value is -0.750. The first kappa shape index (κ1) is 16.6. The van der Waals surface area contributed by atoms with E-state index in [9.17, 15) is 0 Å². The molecule has 0 aliphatic heterocycles. The van der Waals surface area contributed by atoms with Crippen LogP contribution < -0.4 is 10.6 Å². The maximum absolute atomic E-state index is 4.45. The first-order chi connectivity index (χ1) is 10.2. The summed E-state index contributed by atoms with van der Waals surface area (Å²) in [6.45, 7) is 3.06. The molecule has 118 valence electrons. The van der Waals surface area contributed by atoms with Crippen LogP contribution in [0, 0.1) is 0 Å². The van der Waals surface area contributed by atoms with Crippen LogP contribution in [0.3, 0.4) is 0 Å². The van der Waals surface area contributed by atoms with Crippen molar-refractivity contribution in [3.63, 3.8) is 0 Å². The normalized spacial score (nSPS) is 22.5. The number of aromatic nitrogens is 1. The summed E-state index contributed by atoms with van der Waals surface area (Å²) in [5, 5.41) is 8.96. The summed E-state index contributed by atoms with van der Waals surface area (Å²) >= 11 is 3.80. The lowest BCUT2D eigenvalue weighted by Gasteiger charge is -2.17. The SMILES string of the molecule is CCc1cnc(CCNC(=NC)NC2CCC(SC)C2)s1. The molecule has 4 nitrogen and oxygen atoms in total. The molecule has 1 aliphatic carbocycles. The number of nitrogens with one attached hydrogen (secondary N) is 2. The minimum atomic E-state index is 0.570. The lowest BCUT2D eigenvalue weighted by Crippen LogP contribution is -2.43. The topological polar surface area (TPSA) is 49.3 Å². The van der Waals surface area contributed by atoms with Gasteiger partial charge >= 0.3 is 0 Å². The van der Waals surface area contributed by atoms with Gasteiger partial charge in [-0.2, -0.15) is 11.8 Å². The van der Waals surface area contributed by atoms with Crippen LogP contribution in [0.2, 0.25) is 0 Å². The molecule has 1 aromatic rings. The van der Waals surface area contributed by atoms with Crippen LogP contribution in [0.25, 0.3) is 0 Å². The monoisotopic (exact) mass is 326 g/mol. The summed E-state index contributed by atoms with van der Waals surface area (Å²) < 4.78 is 0. The van der Waals surface area contributed by atoms with Crippen LogP contribution in [-0.2, 0) is 12.8 Å². The van der Waals surface area contributed by atoms with E-state index in [0.717, 1.165) is 30.6 Å². The van der Waals surface area contributed by atoms with Crippen LogP contribution in [0.4, 0.5) is 0 Å². The standard InChI is InChI=1S/C15H26N4S2/c1-4-12-10-18-14(21-12)7-8-17-15(16-2)19-11-5-6-13(9-11)20-3/h10-11,13H,4-9H2,1-3H3,(H2,16,17,19). The van der Waals surface area contributed by atoms with Gasteiger partial charge in [-0.3, -0.25) is 4.99 Å². The van der Waals surface area contributed by atoms with Crippen molar-refractivity contribution in [3.05, 3.63) is 16.1 Å². The first-order valence-electron chi connectivity index (χ1n) is 7.68. The average molecular weight is 327 g/mol. The van der Waals surface area contributed by atoms with E-state index in [-0.39, 0.29) is 0 Å². The number of hydrogen-bond acceptors (Lipinski definition) is 4. The lowest BCUT2D eigenvalue weighted by atomic mass is 10.2. The fourth-order valence-electron chi connectivity index (χ4n) is 2.59. The second kappa shape index (κ2) is 8.63. The zero-order valence-electron chi connectivity index (χ0n) is 13.2. The molecule has 0 spiro atoms. The molecule has 2 unspecified atom stereocenters. The fourth-order valence-corrected chi connectivity index (χ4v) is 4.25. The number of aryl methyl sites for hydroxylation is 1.